The maximum atomic E-state index is 13.9. The van der Waals surface area contributed by atoms with Gasteiger partial charge in [0.2, 0.25) is 23.6 Å². The molecular formula is C55H71N7O7S. The molecule has 6 N–H and O–H groups in total. The van der Waals surface area contributed by atoms with Crippen molar-refractivity contribution in [1.29, 1.82) is 0 Å². The number of phenols is 1. The van der Waals surface area contributed by atoms with Crippen LogP contribution in [0.3, 0.4) is 0 Å². The van der Waals surface area contributed by atoms with Gasteiger partial charge in [-0.25, -0.2) is 4.98 Å². The number of carbonyl (C=O) groups excluding carboxylic acids is 5. The van der Waals surface area contributed by atoms with E-state index < -0.39 is 24.2 Å². The van der Waals surface area contributed by atoms with Crippen molar-refractivity contribution in [2.45, 2.75) is 149 Å². The van der Waals surface area contributed by atoms with Crippen LogP contribution >= 0.6 is 11.3 Å². The summed E-state index contributed by atoms with van der Waals surface area (Å²) in [6, 6.07) is 18.0. The monoisotopic (exact) mass is 974 g/mol. The number of phenolic OH excluding ortho intramolecular Hbond substituents is 1. The number of unbranched alkanes of at least 4 members (excludes halogenated alkanes) is 4. The molecule has 1 aliphatic rings. The smallest absolute Gasteiger partial charge is 0.251 e. The quantitative estimate of drug-likeness (QED) is 0.0389. The van der Waals surface area contributed by atoms with E-state index in [9.17, 15) is 34.2 Å². The SMILES string of the molecule is CCCC(=O)NC(c1cccc(C(=O)NCCCCCCCC(=O)NC(C(=O)N2C[C@H](O)C[C@H]2C(=O)NC(C)c2ccc(-c3scnc3C)cc2)C(C)C)c1)c1cc(C(C)(C)C)c2cccnc2c1O. The third kappa shape index (κ3) is 13.4. The third-order valence-corrected chi connectivity index (χ3v) is 14.0. The summed E-state index contributed by atoms with van der Waals surface area (Å²) in [5.74, 6) is -1.67. The highest BCUT2D eigenvalue weighted by Crippen LogP contribution is 2.41. The van der Waals surface area contributed by atoms with Gasteiger partial charge >= 0.3 is 0 Å². The molecule has 0 aliphatic carbocycles. The molecule has 3 aromatic carbocycles. The van der Waals surface area contributed by atoms with Crippen molar-refractivity contribution in [2.75, 3.05) is 13.1 Å². The first kappa shape index (κ1) is 53.2. The Morgan fingerprint density at radius 2 is 1.56 bits per heavy atom. The van der Waals surface area contributed by atoms with Crippen LogP contribution < -0.4 is 21.3 Å². The van der Waals surface area contributed by atoms with Gasteiger partial charge in [-0.2, -0.15) is 0 Å². The van der Waals surface area contributed by atoms with Crippen LogP contribution in [-0.4, -0.2) is 85.9 Å². The number of hydrogen-bond acceptors (Lipinski definition) is 10. The number of nitrogens with one attached hydrogen (secondary N) is 4. The van der Waals surface area contributed by atoms with Gasteiger partial charge in [-0.05, 0) is 91.0 Å². The molecule has 14 nitrogen and oxygen atoms in total. The molecule has 0 saturated carbocycles. The molecule has 5 amide bonds. The average Bonchev–Trinajstić information content (AvgIpc) is 3.95. The fourth-order valence-electron chi connectivity index (χ4n) is 9.13. The molecule has 3 unspecified atom stereocenters. The van der Waals surface area contributed by atoms with E-state index in [1.54, 1.807) is 35.7 Å². The van der Waals surface area contributed by atoms with E-state index in [-0.39, 0.29) is 72.0 Å². The summed E-state index contributed by atoms with van der Waals surface area (Å²) in [6.07, 6.45) is 5.92. The van der Waals surface area contributed by atoms with Gasteiger partial charge in [0.25, 0.3) is 5.91 Å². The fourth-order valence-corrected chi connectivity index (χ4v) is 9.95. The summed E-state index contributed by atoms with van der Waals surface area (Å²) < 4.78 is 0. The van der Waals surface area contributed by atoms with E-state index in [2.05, 4.69) is 52.0 Å². The van der Waals surface area contributed by atoms with Crippen molar-refractivity contribution in [3.63, 3.8) is 0 Å². The van der Waals surface area contributed by atoms with Gasteiger partial charge in [-0.1, -0.05) is 103 Å². The number of likely N-dealkylation sites (tertiary alicyclic amines) is 1. The Morgan fingerprint density at radius 3 is 2.24 bits per heavy atom. The lowest BCUT2D eigenvalue weighted by Crippen LogP contribution is -2.55. The number of aryl methyl sites for hydroxylation is 1. The van der Waals surface area contributed by atoms with Crippen LogP contribution in [0.4, 0.5) is 0 Å². The maximum Gasteiger partial charge on any atom is 0.251 e. The van der Waals surface area contributed by atoms with Gasteiger partial charge in [0.1, 0.15) is 23.3 Å². The van der Waals surface area contributed by atoms with Crippen molar-refractivity contribution in [2.24, 2.45) is 5.92 Å². The fraction of sp³-hybridized carbons (Fsp3) is 0.473. The Labute approximate surface area is 416 Å². The molecule has 1 aliphatic heterocycles. The molecule has 374 valence electrons. The molecule has 2 aromatic heterocycles. The number of aromatic hydroxyl groups is 1. The zero-order valence-electron chi connectivity index (χ0n) is 41.9. The zero-order valence-corrected chi connectivity index (χ0v) is 42.7. The van der Waals surface area contributed by atoms with E-state index in [0.717, 1.165) is 58.3 Å². The number of aliphatic hydroxyl groups excluding tert-OH is 1. The first-order valence-corrected chi connectivity index (χ1v) is 25.6. The Morgan fingerprint density at radius 1 is 0.843 bits per heavy atom. The van der Waals surface area contributed by atoms with E-state index in [4.69, 9.17) is 0 Å². The highest BCUT2D eigenvalue weighted by molar-refractivity contribution is 7.13. The van der Waals surface area contributed by atoms with Crippen molar-refractivity contribution in [1.82, 2.24) is 36.1 Å². The number of thiazole rings is 1. The first-order chi connectivity index (χ1) is 33.4. The van der Waals surface area contributed by atoms with Crippen molar-refractivity contribution in [3.05, 3.63) is 112 Å². The molecule has 15 heteroatoms. The lowest BCUT2D eigenvalue weighted by atomic mass is 9.81. The molecule has 0 spiro atoms. The molecule has 5 atom stereocenters. The van der Waals surface area contributed by atoms with Crippen LogP contribution in [0.5, 0.6) is 5.75 Å². The number of carbonyl (C=O) groups is 5. The second kappa shape index (κ2) is 24.1. The van der Waals surface area contributed by atoms with E-state index >= 15 is 0 Å². The Balaban J connectivity index is 0.960. The van der Waals surface area contributed by atoms with Gasteiger partial charge in [-0.15, -0.1) is 11.3 Å². The molecule has 0 bridgehead atoms. The van der Waals surface area contributed by atoms with Crippen LogP contribution in [0, 0.1) is 12.8 Å². The highest BCUT2D eigenvalue weighted by atomic mass is 32.1. The number of rotatable bonds is 21. The number of aromatic nitrogens is 2. The van der Waals surface area contributed by atoms with Crippen molar-refractivity contribution >= 4 is 51.8 Å². The van der Waals surface area contributed by atoms with Crippen LogP contribution in [0.1, 0.15) is 157 Å². The van der Waals surface area contributed by atoms with Gasteiger partial charge in [0.15, 0.2) is 0 Å². The number of pyridine rings is 1. The highest BCUT2D eigenvalue weighted by Gasteiger charge is 2.42. The van der Waals surface area contributed by atoms with Gasteiger partial charge in [0.05, 0.1) is 34.3 Å². The second-order valence-corrected chi connectivity index (χ2v) is 20.8. The topological polar surface area (TPSA) is 203 Å². The normalized spacial score (nSPS) is 16.2. The van der Waals surface area contributed by atoms with E-state index in [1.807, 2.05) is 88.7 Å². The summed E-state index contributed by atoms with van der Waals surface area (Å²) in [5.41, 5.74) is 7.47. The number of benzene rings is 3. The molecule has 6 rings (SSSR count). The number of fused-ring (bicyclic) bond motifs is 1. The van der Waals surface area contributed by atoms with Crippen molar-refractivity contribution < 1.29 is 34.2 Å². The number of nitrogens with zero attached hydrogens (tertiary/aromatic N) is 3. The summed E-state index contributed by atoms with van der Waals surface area (Å²) in [7, 11) is 0. The predicted molar refractivity (Wildman–Crippen MR) is 275 cm³/mol. The largest absolute Gasteiger partial charge is 0.505 e. The van der Waals surface area contributed by atoms with Gasteiger partial charge in [-0.3, -0.25) is 29.0 Å². The Bertz CT molecular complexity index is 2620. The minimum absolute atomic E-state index is 0.00741. The van der Waals surface area contributed by atoms with Gasteiger partial charge < -0.3 is 36.4 Å². The number of hydrogen-bond donors (Lipinski definition) is 6. The summed E-state index contributed by atoms with van der Waals surface area (Å²) in [4.78, 5) is 78.6. The zero-order chi connectivity index (χ0) is 50.7. The summed E-state index contributed by atoms with van der Waals surface area (Å²) in [5, 5.41) is 35.1. The van der Waals surface area contributed by atoms with E-state index in [1.165, 1.54) is 4.90 Å². The molecule has 0 radical (unpaired) electrons. The lowest BCUT2D eigenvalue weighted by Gasteiger charge is -2.31. The molecular weight excluding hydrogens is 903 g/mol. The number of β-amino-alcohol motifs (C(OH)–C–C–N with tert-alkyl or cyclic N) is 1. The number of aliphatic hydroxyl groups is 1. The molecule has 1 fully saturated rings. The summed E-state index contributed by atoms with van der Waals surface area (Å²) >= 11 is 1.57. The Hall–Kier alpha value is -6.19. The molecule has 1 saturated heterocycles. The molecule has 70 heavy (non-hydrogen) atoms. The minimum Gasteiger partial charge on any atom is -0.505 e. The van der Waals surface area contributed by atoms with Crippen LogP contribution in [-0.2, 0) is 24.6 Å². The molecule has 3 heterocycles. The van der Waals surface area contributed by atoms with E-state index in [0.29, 0.717) is 48.0 Å². The standard InChI is InChI=1S/C55H71N7O7S/c1-9-17-45(64)61-48(42-30-43(55(6,7)8)41-20-16-27-56-49(41)50(42)66)38-18-15-19-39(28-38)52(67)57-26-14-12-10-11-13-21-46(65)60-47(33(2)3)54(69)62-31-40(63)29-44(62)53(68)59-34(4)36-22-24-37(25-23-36)51-35(5)58-32-70-51/h15-16,18-20,22-25,27-28,30,32-34,40,44,47-48,63,66H,9-14,17,21,26,29,31H2,1-8H3,(H,57,67)(H,59,68)(H,60,65)(H,61,64)/t34?,40-,44+,47?,48?/m1/s1. The van der Waals surface area contributed by atoms with Crippen molar-refractivity contribution in [3.8, 4) is 16.2 Å². The first-order valence-electron chi connectivity index (χ1n) is 24.7. The van der Waals surface area contributed by atoms with Gasteiger partial charge in [0, 0.05) is 55.1 Å². The average molecular weight is 974 g/mol. The number of amides is 5. The van der Waals surface area contributed by atoms with Crippen LogP contribution in [0.25, 0.3) is 21.3 Å². The lowest BCUT2D eigenvalue weighted by molar-refractivity contribution is -0.142. The Kier molecular flexibility index (Phi) is 18.3. The minimum atomic E-state index is -0.870. The summed E-state index contributed by atoms with van der Waals surface area (Å²) in [6.45, 7) is 16.2. The molecule has 5 aromatic rings. The van der Waals surface area contributed by atoms with Crippen LogP contribution in [0.15, 0.2) is 78.4 Å². The second-order valence-electron chi connectivity index (χ2n) is 20.0. The van der Waals surface area contributed by atoms with Crippen LogP contribution in [0.2, 0.25) is 0 Å². The maximum absolute atomic E-state index is 13.9. The third-order valence-electron chi connectivity index (χ3n) is 13.0. The predicted octanol–water partition coefficient (Wildman–Crippen LogP) is 8.73.